The van der Waals surface area contributed by atoms with E-state index in [-0.39, 0.29) is 0 Å². The van der Waals surface area contributed by atoms with Crippen molar-refractivity contribution in [3.8, 4) is 11.1 Å². The summed E-state index contributed by atoms with van der Waals surface area (Å²) >= 11 is 5.72. The highest BCUT2D eigenvalue weighted by atomic mass is 35.5. The molecular formula is C10H9ClN4. The Labute approximate surface area is 91.9 Å². The third-order valence-corrected chi connectivity index (χ3v) is 2.27. The number of halogens is 1. The fraction of sp³-hybridized carbons (Fsp3) is 0. The lowest BCUT2D eigenvalue weighted by Crippen LogP contribution is -1.92. The molecule has 0 fully saturated rings. The van der Waals surface area contributed by atoms with E-state index in [1.807, 2.05) is 0 Å². The second-order valence-electron chi connectivity index (χ2n) is 3.11. The van der Waals surface area contributed by atoms with Gasteiger partial charge >= 0.3 is 0 Å². The first-order chi connectivity index (χ1) is 7.16. The fourth-order valence-corrected chi connectivity index (χ4v) is 1.34. The summed E-state index contributed by atoms with van der Waals surface area (Å²) in [5.41, 5.74) is 14.0. The van der Waals surface area contributed by atoms with Crippen LogP contribution >= 0.6 is 11.6 Å². The Morgan fingerprint density at radius 3 is 2.40 bits per heavy atom. The van der Waals surface area contributed by atoms with Crippen molar-refractivity contribution >= 4 is 23.0 Å². The van der Waals surface area contributed by atoms with Crippen LogP contribution in [0.5, 0.6) is 0 Å². The van der Waals surface area contributed by atoms with E-state index in [1.54, 1.807) is 30.7 Å². The molecule has 0 bridgehead atoms. The van der Waals surface area contributed by atoms with Gasteiger partial charge in [0.15, 0.2) is 5.15 Å². The highest BCUT2D eigenvalue weighted by Crippen LogP contribution is 2.24. The summed E-state index contributed by atoms with van der Waals surface area (Å²) in [6, 6.07) is 3.54. The number of nitrogens with two attached hydrogens (primary N) is 2. The van der Waals surface area contributed by atoms with Crippen LogP contribution in [0.25, 0.3) is 11.1 Å². The first kappa shape index (κ1) is 9.73. The van der Waals surface area contributed by atoms with E-state index in [9.17, 15) is 0 Å². The Hall–Kier alpha value is -1.81. The molecule has 2 heterocycles. The summed E-state index contributed by atoms with van der Waals surface area (Å²) in [6.45, 7) is 0. The van der Waals surface area contributed by atoms with Gasteiger partial charge in [0.25, 0.3) is 0 Å². The van der Waals surface area contributed by atoms with Crippen LogP contribution in [-0.4, -0.2) is 9.97 Å². The van der Waals surface area contributed by atoms with Gasteiger partial charge in [0.2, 0.25) is 0 Å². The monoisotopic (exact) mass is 220 g/mol. The summed E-state index contributed by atoms with van der Waals surface area (Å²) < 4.78 is 0. The predicted octanol–water partition coefficient (Wildman–Crippen LogP) is 1.96. The van der Waals surface area contributed by atoms with Gasteiger partial charge in [-0.1, -0.05) is 11.6 Å². The van der Waals surface area contributed by atoms with Crippen molar-refractivity contribution in [3.63, 3.8) is 0 Å². The van der Waals surface area contributed by atoms with Gasteiger partial charge in [0, 0.05) is 29.7 Å². The summed E-state index contributed by atoms with van der Waals surface area (Å²) in [6.07, 6.45) is 4.91. The fourth-order valence-electron chi connectivity index (χ4n) is 1.24. The van der Waals surface area contributed by atoms with Crippen molar-refractivity contribution in [1.29, 1.82) is 0 Å². The summed E-state index contributed by atoms with van der Waals surface area (Å²) in [4.78, 5) is 7.94. The number of aromatic nitrogens is 2. The number of rotatable bonds is 1. The number of anilines is 2. The maximum absolute atomic E-state index is 5.72. The molecule has 0 spiro atoms. The normalized spacial score (nSPS) is 10.2. The highest BCUT2D eigenvalue weighted by molar-refractivity contribution is 6.31. The maximum atomic E-state index is 5.72. The van der Waals surface area contributed by atoms with Crippen molar-refractivity contribution in [2.24, 2.45) is 0 Å². The molecule has 0 atom stereocenters. The summed E-state index contributed by atoms with van der Waals surface area (Å²) in [5, 5.41) is 0.301. The zero-order valence-corrected chi connectivity index (χ0v) is 8.57. The van der Waals surface area contributed by atoms with E-state index in [0.29, 0.717) is 16.5 Å². The Balaban J connectivity index is 2.50. The zero-order chi connectivity index (χ0) is 10.8. The van der Waals surface area contributed by atoms with Gasteiger partial charge < -0.3 is 11.5 Å². The van der Waals surface area contributed by atoms with Gasteiger partial charge in [-0.3, -0.25) is 4.98 Å². The molecule has 0 aromatic carbocycles. The van der Waals surface area contributed by atoms with E-state index in [2.05, 4.69) is 9.97 Å². The van der Waals surface area contributed by atoms with E-state index < -0.39 is 0 Å². The third-order valence-electron chi connectivity index (χ3n) is 1.96. The maximum Gasteiger partial charge on any atom is 0.151 e. The molecule has 0 aliphatic rings. The second-order valence-corrected chi connectivity index (χ2v) is 3.47. The van der Waals surface area contributed by atoms with Crippen molar-refractivity contribution in [3.05, 3.63) is 35.9 Å². The largest absolute Gasteiger partial charge is 0.397 e. The Morgan fingerprint density at radius 1 is 1.00 bits per heavy atom. The van der Waals surface area contributed by atoms with E-state index >= 15 is 0 Å². The molecule has 0 aliphatic carbocycles. The van der Waals surface area contributed by atoms with Crippen LogP contribution in [0.3, 0.4) is 0 Å². The Kier molecular flexibility index (Phi) is 2.43. The molecule has 0 amide bonds. The molecule has 76 valence electrons. The average Bonchev–Trinajstić information content (AvgIpc) is 2.22. The molecule has 4 nitrogen and oxygen atoms in total. The first-order valence-corrected chi connectivity index (χ1v) is 4.66. The SMILES string of the molecule is Nc1cncc(-c2cnc(Cl)c(N)c2)c1. The average molecular weight is 221 g/mol. The lowest BCUT2D eigenvalue weighted by molar-refractivity contribution is 1.30. The van der Waals surface area contributed by atoms with Crippen LogP contribution in [0.2, 0.25) is 5.15 Å². The van der Waals surface area contributed by atoms with Crippen LogP contribution in [0.1, 0.15) is 0 Å². The molecule has 2 aromatic heterocycles. The molecule has 15 heavy (non-hydrogen) atoms. The number of pyridine rings is 2. The zero-order valence-electron chi connectivity index (χ0n) is 7.81. The smallest absolute Gasteiger partial charge is 0.151 e. The molecule has 0 aliphatic heterocycles. The van der Waals surface area contributed by atoms with Gasteiger partial charge in [-0.15, -0.1) is 0 Å². The number of nitrogens with zero attached hydrogens (tertiary/aromatic N) is 2. The standard InChI is InChI=1S/C10H9ClN4/c11-10-9(13)2-7(4-15-10)6-1-8(12)5-14-3-6/h1-5H,12-13H2. The molecule has 0 saturated heterocycles. The van der Waals surface area contributed by atoms with Gasteiger partial charge in [0.1, 0.15) is 0 Å². The van der Waals surface area contributed by atoms with Crippen LogP contribution in [-0.2, 0) is 0 Å². The molecule has 0 unspecified atom stereocenters. The Bertz CT molecular complexity index is 499. The third kappa shape index (κ3) is 1.99. The van der Waals surface area contributed by atoms with Crippen LogP contribution in [0.4, 0.5) is 11.4 Å². The lowest BCUT2D eigenvalue weighted by Gasteiger charge is -2.03. The van der Waals surface area contributed by atoms with Gasteiger partial charge in [-0.2, -0.15) is 0 Å². The summed E-state index contributed by atoms with van der Waals surface area (Å²) in [7, 11) is 0. The van der Waals surface area contributed by atoms with E-state index in [4.69, 9.17) is 23.1 Å². The topological polar surface area (TPSA) is 77.8 Å². The Morgan fingerprint density at radius 2 is 1.73 bits per heavy atom. The molecule has 5 heteroatoms. The minimum atomic E-state index is 0.301. The molecule has 4 N–H and O–H groups in total. The van der Waals surface area contributed by atoms with Crippen LogP contribution in [0.15, 0.2) is 30.7 Å². The van der Waals surface area contributed by atoms with Crippen LogP contribution < -0.4 is 11.5 Å². The second kappa shape index (κ2) is 3.74. The number of nitrogen functional groups attached to an aromatic ring is 2. The van der Waals surface area contributed by atoms with Crippen molar-refractivity contribution < 1.29 is 0 Å². The lowest BCUT2D eigenvalue weighted by atomic mass is 10.1. The molecule has 2 rings (SSSR count). The molecule has 2 aromatic rings. The van der Waals surface area contributed by atoms with Crippen molar-refractivity contribution in [1.82, 2.24) is 9.97 Å². The molecule has 0 radical (unpaired) electrons. The quantitative estimate of drug-likeness (QED) is 0.721. The molecule has 0 saturated carbocycles. The van der Waals surface area contributed by atoms with E-state index in [0.717, 1.165) is 11.1 Å². The summed E-state index contributed by atoms with van der Waals surface area (Å²) in [5.74, 6) is 0. The van der Waals surface area contributed by atoms with Gasteiger partial charge in [0.05, 0.1) is 11.4 Å². The van der Waals surface area contributed by atoms with Gasteiger partial charge in [-0.05, 0) is 12.1 Å². The highest BCUT2D eigenvalue weighted by Gasteiger charge is 2.02. The van der Waals surface area contributed by atoms with Crippen LogP contribution in [0, 0.1) is 0 Å². The minimum absolute atomic E-state index is 0.301. The van der Waals surface area contributed by atoms with Crippen molar-refractivity contribution in [2.45, 2.75) is 0 Å². The predicted molar refractivity (Wildman–Crippen MR) is 61.3 cm³/mol. The van der Waals surface area contributed by atoms with Crippen molar-refractivity contribution in [2.75, 3.05) is 11.5 Å². The van der Waals surface area contributed by atoms with Gasteiger partial charge in [-0.25, -0.2) is 4.98 Å². The van der Waals surface area contributed by atoms with E-state index in [1.165, 1.54) is 0 Å². The minimum Gasteiger partial charge on any atom is -0.397 e. The molecular weight excluding hydrogens is 212 g/mol. The first-order valence-electron chi connectivity index (χ1n) is 4.29. The number of hydrogen-bond acceptors (Lipinski definition) is 4. The number of hydrogen-bond donors (Lipinski definition) is 2.